The van der Waals surface area contributed by atoms with Gasteiger partial charge in [-0.2, -0.15) is 13.2 Å². The first-order valence-electron chi connectivity index (χ1n) is 8.45. The molecule has 0 aliphatic heterocycles. The van der Waals surface area contributed by atoms with E-state index in [4.69, 9.17) is 23.2 Å². The summed E-state index contributed by atoms with van der Waals surface area (Å²) in [5.41, 5.74) is -2.64. The fraction of sp³-hybridized carbons (Fsp3) is 0.286. The number of rotatable bonds is 5. The molecule has 0 fully saturated rings. The number of halogens is 7. The highest BCUT2D eigenvalue weighted by Gasteiger charge is 2.40. The SMILES string of the molecule is CC(=O)c1ccc(/C(F)=C/C(c2ccc(Cl)c(Cl)c2)C(F)(F)F)cc1C(C)(C)F. The molecule has 0 heterocycles. The van der Waals surface area contributed by atoms with E-state index in [1.807, 2.05) is 0 Å². The molecule has 0 saturated carbocycles. The summed E-state index contributed by atoms with van der Waals surface area (Å²) in [5.74, 6) is -3.95. The van der Waals surface area contributed by atoms with Gasteiger partial charge in [0, 0.05) is 11.1 Å². The number of allylic oxidation sites excluding steroid dienone is 1. The zero-order valence-corrected chi connectivity index (χ0v) is 17.2. The van der Waals surface area contributed by atoms with Crippen LogP contribution in [0.1, 0.15) is 53.7 Å². The molecule has 2 rings (SSSR count). The Labute approximate surface area is 175 Å². The van der Waals surface area contributed by atoms with E-state index in [0.717, 1.165) is 24.3 Å². The summed E-state index contributed by atoms with van der Waals surface area (Å²) in [5, 5.41) is -0.0325. The first-order valence-corrected chi connectivity index (χ1v) is 9.21. The number of alkyl halides is 4. The lowest BCUT2D eigenvalue weighted by atomic mass is 9.90. The van der Waals surface area contributed by atoms with E-state index in [1.165, 1.54) is 32.9 Å². The fourth-order valence-electron chi connectivity index (χ4n) is 2.82. The van der Waals surface area contributed by atoms with E-state index in [2.05, 4.69) is 0 Å². The molecule has 2 aromatic rings. The molecule has 1 nitrogen and oxygen atoms in total. The molecular formula is C21H17Cl2F5O. The van der Waals surface area contributed by atoms with Gasteiger partial charge in [0.1, 0.15) is 17.4 Å². The number of Topliss-reactive ketones (excluding diaryl/α,β-unsaturated/α-hetero) is 1. The van der Waals surface area contributed by atoms with Gasteiger partial charge in [0.15, 0.2) is 5.78 Å². The van der Waals surface area contributed by atoms with Gasteiger partial charge < -0.3 is 0 Å². The van der Waals surface area contributed by atoms with Crippen LogP contribution < -0.4 is 0 Å². The zero-order valence-electron chi connectivity index (χ0n) is 15.7. The van der Waals surface area contributed by atoms with Gasteiger partial charge in [0.25, 0.3) is 0 Å². The van der Waals surface area contributed by atoms with E-state index < -0.39 is 29.4 Å². The van der Waals surface area contributed by atoms with Crippen LogP contribution in [0.25, 0.3) is 5.83 Å². The van der Waals surface area contributed by atoms with Crippen LogP contribution in [0, 0.1) is 0 Å². The van der Waals surface area contributed by atoms with Crippen LogP contribution in [-0.4, -0.2) is 12.0 Å². The summed E-state index contributed by atoms with van der Waals surface area (Å²) in [6.07, 6.45) is -4.42. The van der Waals surface area contributed by atoms with Gasteiger partial charge in [-0.1, -0.05) is 41.4 Å². The molecule has 0 saturated heterocycles. The van der Waals surface area contributed by atoms with Crippen LogP contribution in [0.5, 0.6) is 0 Å². The largest absolute Gasteiger partial charge is 0.399 e. The highest BCUT2D eigenvalue weighted by atomic mass is 35.5. The van der Waals surface area contributed by atoms with E-state index in [0.29, 0.717) is 6.08 Å². The maximum atomic E-state index is 14.8. The summed E-state index contributed by atoms with van der Waals surface area (Å²) in [6.45, 7) is 3.57. The van der Waals surface area contributed by atoms with Gasteiger partial charge in [-0.25, -0.2) is 8.78 Å². The maximum Gasteiger partial charge on any atom is 0.399 e. The number of carbonyl (C=O) groups excluding carboxylic acids is 1. The van der Waals surface area contributed by atoms with Crippen molar-refractivity contribution >= 4 is 34.8 Å². The van der Waals surface area contributed by atoms with Crippen molar-refractivity contribution in [3.8, 4) is 0 Å². The Kier molecular flexibility index (Phi) is 6.80. The lowest BCUT2D eigenvalue weighted by Crippen LogP contribution is -2.19. The van der Waals surface area contributed by atoms with Gasteiger partial charge in [0.2, 0.25) is 0 Å². The molecule has 1 atom stereocenters. The molecule has 0 aromatic heterocycles. The molecule has 0 radical (unpaired) electrons. The normalized spacial score (nSPS) is 14.1. The van der Waals surface area contributed by atoms with Gasteiger partial charge in [-0.3, -0.25) is 4.79 Å². The van der Waals surface area contributed by atoms with Crippen LogP contribution in [-0.2, 0) is 5.67 Å². The van der Waals surface area contributed by atoms with Crippen molar-refractivity contribution in [3.05, 3.63) is 74.8 Å². The van der Waals surface area contributed by atoms with Crippen LogP contribution in [0.3, 0.4) is 0 Å². The Balaban J connectivity index is 2.58. The van der Waals surface area contributed by atoms with Crippen molar-refractivity contribution in [1.29, 1.82) is 0 Å². The lowest BCUT2D eigenvalue weighted by molar-refractivity contribution is -0.139. The van der Waals surface area contributed by atoms with E-state index >= 15 is 0 Å². The molecule has 0 aliphatic rings. The summed E-state index contributed by atoms with van der Waals surface area (Å²) in [6, 6.07) is 6.69. The minimum atomic E-state index is -4.81. The second kappa shape index (κ2) is 8.44. The third-order valence-electron chi connectivity index (χ3n) is 4.28. The first kappa shape index (κ1) is 23.4. The van der Waals surface area contributed by atoms with Gasteiger partial charge in [-0.15, -0.1) is 0 Å². The van der Waals surface area contributed by atoms with E-state index in [1.54, 1.807) is 0 Å². The van der Waals surface area contributed by atoms with Crippen LogP contribution in [0.2, 0.25) is 10.0 Å². The minimum absolute atomic E-state index is 0.0332. The van der Waals surface area contributed by atoms with E-state index in [-0.39, 0.29) is 32.3 Å². The van der Waals surface area contributed by atoms with Crippen molar-refractivity contribution < 1.29 is 26.7 Å². The van der Waals surface area contributed by atoms with Gasteiger partial charge in [-0.05, 0) is 56.2 Å². The highest BCUT2D eigenvalue weighted by molar-refractivity contribution is 6.42. The molecule has 1 unspecified atom stereocenters. The fourth-order valence-corrected chi connectivity index (χ4v) is 3.13. The molecule has 0 spiro atoms. The summed E-state index contributed by atoms with van der Waals surface area (Å²) in [4.78, 5) is 11.7. The lowest BCUT2D eigenvalue weighted by Gasteiger charge is -2.20. The average molecular weight is 451 g/mol. The maximum absolute atomic E-state index is 14.8. The quantitative estimate of drug-likeness (QED) is 0.332. The average Bonchev–Trinajstić information content (AvgIpc) is 2.59. The molecule has 0 amide bonds. The molecule has 156 valence electrons. The Morgan fingerprint density at radius 1 is 1.00 bits per heavy atom. The van der Waals surface area contributed by atoms with E-state index in [9.17, 15) is 26.7 Å². The first-order chi connectivity index (χ1) is 13.2. The number of carbonyl (C=O) groups is 1. The standard InChI is InChI=1S/C21H17Cl2F5O/c1-11(29)14-6-4-13(8-16(14)20(2,3)25)19(24)10-15(21(26,27)28)12-5-7-17(22)18(23)9-12/h4-10,15H,1-3H3/b19-10-. The molecule has 29 heavy (non-hydrogen) atoms. The Bertz CT molecular complexity index is 959. The number of hydrogen-bond donors (Lipinski definition) is 0. The number of ketones is 1. The molecule has 0 aliphatic carbocycles. The van der Waals surface area contributed by atoms with Crippen molar-refractivity contribution in [1.82, 2.24) is 0 Å². The topological polar surface area (TPSA) is 17.1 Å². The summed E-state index contributed by atoms with van der Waals surface area (Å²) >= 11 is 11.5. The van der Waals surface area contributed by atoms with Crippen molar-refractivity contribution in [2.24, 2.45) is 0 Å². The molecule has 0 N–H and O–H groups in total. The van der Waals surface area contributed by atoms with Crippen molar-refractivity contribution in [2.45, 2.75) is 38.5 Å². The van der Waals surface area contributed by atoms with Crippen LogP contribution >= 0.6 is 23.2 Å². The van der Waals surface area contributed by atoms with Gasteiger partial charge in [0.05, 0.1) is 10.0 Å². The Hall–Kier alpha value is -1.92. The molecular weight excluding hydrogens is 434 g/mol. The third-order valence-corrected chi connectivity index (χ3v) is 5.02. The second-order valence-electron chi connectivity index (χ2n) is 7.00. The Morgan fingerprint density at radius 2 is 1.62 bits per heavy atom. The van der Waals surface area contributed by atoms with Crippen molar-refractivity contribution in [2.75, 3.05) is 0 Å². The monoisotopic (exact) mass is 450 g/mol. The molecule has 0 bridgehead atoms. The predicted molar refractivity (Wildman–Crippen MR) is 105 cm³/mol. The smallest absolute Gasteiger partial charge is 0.294 e. The third kappa shape index (κ3) is 5.58. The zero-order chi connectivity index (χ0) is 22.1. The molecule has 2 aromatic carbocycles. The van der Waals surface area contributed by atoms with Gasteiger partial charge >= 0.3 is 6.18 Å². The summed E-state index contributed by atoms with van der Waals surface area (Å²) in [7, 11) is 0. The highest BCUT2D eigenvalue weighted by Crippen LogP contribution is 2.40. The molecule has 8 heteroatoms. The minimum Gasteiger partial charge on any atom is -0.294 e. The summed E-state index contributed by atoms with van der Waals surface area (Å²) < 4.78 is 69.9. The number of hydrogen-bond acceptors (Lipinski definition) is 1. The Morgan fingerprint density at radius 3 is 2.10 bits per heavy atom. The second-order valence-corrected chi connectivity index (χ2v) is 7.81. The van der Waals surface area contributed by atoms with Crippen LogP contribution in [0.4, 0.5) is 22.0 Å². The van der Waals surface area contributed by atoms with Crippen molar-refractivity contribution in [3.63, 3.8) is 0 Å². The predicted octanol–water partition coefficient (Wildman–Crippen LogP) is 8.06. The van der Waals surface area contributed by atoms with Crippen LogP contribution in [0.15, 0.2) is 42.5 Å². The number of benzene rings is 2.